The highest BCUT2D eigenvalue weighted by atomic mass is 16.5. The van der Waals surface area contributed by atoms with E-state index in [0.717, 1.165) is 5.56 Å². The summed E-state index contributed by atoms with van der Waals surface area (Å²) < 4.78 is 10.5. The van der Waals surface area contributed by atoms with Crippen molar-refractivity contribution in [1.82, 2.24) is 10.6 Å². The Balaban J connectivity index is 2.01. The minimum atomic E-state index is -1.05. The lowest BCUT2D eigenvalue weighted by atomic mass is 10.2. The van der Waals surface area contributed by atoms with Gasteiger partial charge in [0.15, 0.2) is 6.10 Å². The van der Waals surface area contributed by atoms with Crippen LogP contribution in [0.5, 0.6) is 5.75 Å². The molecule has 1 atom stereocenters. The number of rotatable bonds is 8. The van der Waals surface area contributed by atoms with Gasteiger partial charge in [0, 0.05) is 19.0 Å². The molecule has 2 amide bonds. The highest BCUT2D eigenvalue weighted by molar-refractivity contribution is 5.98. The Hall–Kier alpha value is -3.61. The van der Waals surface area contributed by atoms with Crippen molar-refractivity contribution >= 4 is 23.9 Å². The molecule has 0 unspecified atom stereocenters. The van der Waals surface area contributed by atoms with Crippen LogP contribution >= 0.6 is 0 Å². The molecule has 2 aromatic rings. The van der Waals surface area contributed by atoms with Crippen molar-refractivity contribution in [1.29, 1.82) is 0 Å². The Bertz CT molecular complexity index is 893. The molecule has 0 saturated carbocycles. The third-order valence-corrected chi connectivity index (χ3v) is 3.94. The lowest BCUT2D eigenvalue weighted by Gasteiger charge is -2.16. The fourth-order valence-electron chi connectivity index (χ4n) is 2.50. The number of nitrogens with one attached hydrogen (secondary N) is 2. The maximum Gasteiger partial charge on any atom is 0.355 e. The minimum absolute atomic E-state index is 0.0481. The summed E-state index contributed by atoms with van der Waals surface area (Å²) in [6.07, 6.45) is 0.438. The van der Waals surface area contributed by atoms with E-state index < -0.39 is 23.9 Å². The summed E-state index contributed by atoms with van der Waals surface area (Å²) in [5.74, 6) is -1.04. The Morgan fingerprint density at radius 1 is 1.03 bits per heavy atom. The van der Waals surface area contributed by atoms with Crippen LogP contribution in [0, 0.1) is 0 Å². The average Bonchev–Trinajstić information content (AvgIpc) is 2.72. The van der Waals surface area contributed by atoms with Crippen LogP contribution in [0.1, 0.15) is 25.0 Å². The van der Waals surface area contributed by atoms with E-state index in [1.807, 2.05) is 24.3 Å². The number of benzene rings is 2. The third kappa shape index (κ3) is 6.80. The zero-order valence-corrected chi connectivity index (χ0v) is 16.6. The van der Waals surface area contributed by atoms with Crippen LogP contribution in [0.3, 0.4) is 0 Å². The quantitative estimate of drug-likeness (QED) is 0.528. The molecule has 0 radical (unpaired) electrons. The summed E-state index contributed by atoms with van der Waals surface area (Å²) in [7, 11) is 1.55. The molecule has 7 nitrogen and oxygen atoms in total. The number of hydrogen-bond acceptors (Lipinski definition) is 5. The van der Waals surface area contributed by atoms with E-state index in [2.05, 4.69) is 10.6 Å². The smallest absolute Gasteiger partial charge is 0.355 e. The first-order chi connectivity index (χ1) is 13.9. The van der Waals surface area contributed by atoms with Crippen molar-refractivity contribution in [3.8, 4) is 5.75 Å². The molecule has 0 heterocycles. The molecule has 0 aliphatic carbocycles. The molecule has 2 rings (SSSR count). The van der Waals surface area contributed by atoms with E-state index in [1.54, 1.807) is 37.4 Å². The van der Waals surface area contributed by atoms with Gasteiger partial charge in [-0.2, -0.15) is 0 Å². The zero-order chi connectivity index (χ0) is 21.2. The molecule has 0 saturated heterocycles. The fourth-order valence-corrected chi connectivity index (χ4v) is 2.50. The Morgan fingerprint density at radius 3 is 2.34 bits per heavy atom. The van der Waals surface area contributed by atoms with Crippen molar-refractivity contribution in [2.24, 2.45) is 0 Å². The van der Waals surface area contributed by atoms with Crippen molar-refractivity contribution in [2.75, 3.05) is 7.11 Å². The highest BCUT2D eigenvalue weighted by Gasteiger charge is 2.21. The normalized spacial score (nSPS) is 11.9. The van der Waals surface area contributed by atoms with Gasteiger partial charge in [-0.1, -0.05) is 48.5 Å². The van der Waals surface area contributed by atoms with E-state index in [4.69, 9.17) is 9.47 Å². The number of para-hydroxylation sites is 1. The van der Waals surface area contributed by atoms with Crippen molar-refractivity contribution in [2.45, 2.75) is 26.5 Å². The number of methoxy groups -OCH3 is 1. The molecule has 0 bridgehead atoms. The number of ether oxygens (including phenoxy) is 2. The van der Waals surface area contributed by atoms with E-state index >= 15 is 0 Å². The molecule has 0 aliphatic heterocycles. The van der Waals surface area contributed by atoms with Gasteiger partial charge in [-0.05, 0) is 24.6 Å². The first-order valence-electron chi connectivity index (χ1n) is 9.05. The standard InChI is InChI=1S/C22H24N2O5/c1-15(21(26)23-14-18-11-7-8-12-20(18)28-3)29-22(27)19(24-16(2)25)13-17-9-5-4-6-10-17/h4-13,15H,14H2,1-3H3,(H,23,26)(H,24,25)/b19-13-/t15-/m1/s1. The van der Waals surface area contributed by atoms with Crippen LogP contribution in [0.15, 0.2) is 60.3 Å². The Kier molecular flexibility index (Phi) is 7.97. The molecular formula is C22H24N2O5. The Morgan fingerprint density at radius 2 is 1.69 bits per heavy atom. The van der Waals surface area contributed by atoms with Gasteiger partial charge in [-0.25, -0.2) is 4.79 Å². The predicted octanol–water partition coefficient (Wildman–Crippen LogP) is 2.42. The molecule has 7 heteroatoms. The van der Waals surface area contributed by atoms with Crippen LogP contribution in [-0.2, 0) is 25.7 Å². The van der Waals surface area contributed by atoms with Gasteiger partial charge in [0.25, 0.3) is 5.91 Å². The second-order valence-electron chi connectivity index (χ2n) is 6.23. The largest absolute Gasteiger partial charge is 0.496 e. The van der Waals surface area contributed by atoms with Gasteiger partial charge in [-0.3, -0.25) is 9.59 Å². The maximum absolute atomic E-state index is 12.5. The number of carbonyl (C=O) groups is 3. The molecule has 152 valence electrons. The SMILES string of the molecule is COc1ccccc1CNC(=O)[C@@H](C)OC(=O)/C(=C/c1ccccc1)NC(C)=O. The first kappa shape index (κ1) is 21.7. The van der Waals surface area contributed by atoms with Crippen molar-refractivity contribution in [3.05, 3.63) is 71.4 Å². The summed E-state index contributed by atoms with van der Waals surface area (Å²) in [5, 5.41) is 5.15. The molecule has 0 aromatic heterocycles. The molecule has 0 spiro atoms. The van der Waals surface area contributed by atoms with Gasteiger partial charge in [0.2, 0.25) is 5.91 Å². The van der Waals surface area contributed by atoms with Crippen molar-refractivity contribution < 1.29 is 23.9 Å². The van der Waals surface area contributed by atoms with E-state index in [0.29, 0.717) is 11.3 Å². The summed E-state index contributed by atoms with van der Waals surface area (Å²) >= 11 is 0. The van der Waals surface area contributed by atoms with E-state index in [9.17, 15) is 14.4 Å². The molecule has 2 aromatic carbocycles. The molecule has 2 N–H and O–H groups in total. The van der Waals surface area contributed by atoms with Gasteiger partial charge in [-0.15, -0.1) is 0 Å². The maximum atomic E-state index is 12.5. The molecular weight excluding hydrogens is 372 g/mol. The predicted molar refractivity (Wildman–Crippen MR) is 109 cm³/mol. The minimum Gasteiger partial charge on any atom is -0.496 e. The number of carbonyl (C=O) groups excluding carboxylic acids is 3. The van der Waals surface area contributed by atoms with Gasteiger partial charge in [0.1, 0.15) is 11.4 Å². The monoisotopic (exact) mass is 396 g/mol. The summed E-state index contributed by atoms with van der Waals surface area (Å²) in [4.78, 5) is 36.2. The number of esters is 1. The van der Waals surface area contributed by atoms with Gasteiger partial charge in [0.05, 0.1) is 7.11 Å². The average molecular weight is 396 g/mol. The summed E-state index contributed by atoms with van der Waals surface area (Å²) in [6.45, 7) is 2.97. The van der Waals surface area contributed by atoms with Crippen LogP contribution in [-0.4, -0.2) is 31.0 Å². The summed E-state index contributed by atoms with van der Waals surface area (Å²) in [5.41, 5.74) is 1.46. The molecule has 0 fully saturated rings. The lowest BCUT2D eigenvalue weighted by molar-refractivity contribution is -0.151. The van der Waals surface area contributed by atoms with Gasteiger partial charge < -0.3 is 20.1 Å². The lowest BCUT2D eigenvalue weighted by Crippen LogP contribution is -2.37. The van der Waals surface area contributed by atoms with Crippen LogP contribution in [0.2, 0.25) is 0 Å². The van der Waals surface area contributed by atoms with Crippen LogP contribution in [0.25, 0.3) is 6.08 Å². The van der Waals surface area contributed by atoms with Gasteiger partial charge >= 0.3 is 5.97 Å². The Labute approximate surface area is 169 Å². The second-order valence-corrected chi connectivity index (χ2v) is 6.23. The highest BCUT2D eigenvalue weighted by Crippen LogP contribution is 2.16. The second kappa shape index (κ2) is 10.7. The number of amides is 2. The topological polar surface area (TPSA) is 93.7 Å². The fraction of sp³-hybridized carbons (Fsp3) is 0.227. The van der Waals surface area contributed by atoms with E-state index in [1.165, 1.54) is 19.9 Å². The third-order valence-electron chi connectivity index (χ3n) is 3.94. The van der Waals surface area contributed by atoms with E-state index in [-0.39, 0.29) is 12.2 Å². The van der Waals surface area contributed by atoms with Crippen LogP contribution in [0.4, 0.5) is 0 Å². The number of hydrogen-bond donors (Lipinski definition) is 2. The summed E-state index contributed by atoms with van der Waals surface area (Å²) in [6, 6.07) is 16.3. The zero-order valence-electron chi connectivity index (χ0n) is 16.6. The molecule has 0 aliphatic rings. The van der Waals surface area contributed by atoms with Crippen molar-refractivity contribution in [3.63, 3.8) is 0 Å². The molecule has 29 heavy (non-hydrogen) atoms. The van der Waals surface area contributed by atoms with Crippen LogP contribution < -0.4 is 15.4 Å². The first-order valence-corrected chi connectivity index (χ1v) is 9.05.